The molecular formula is C12H13BrN2S. The highest BCUT2D eigenvalue weighted by Gasteiger charge is 1.98. The summed E-state index contributed by atoms with van der Waals surface area (Å²) in [6, 6.07) is 6.31. The van der Waals surface area contributed by atoms with Gasteiger partial charge in [0.15, 0.2) is 0 Å². The number of anilines is 1. The van der Waals surface area contributed by atoms with Gasteiger partial charge in [0.25, 0.3) is 0 Å². The maximum atomic E-state index is 4.25. The molecule has 0 saturated heterocycles. The monoisotopic (exact) mass is 296 g/mol. The summed E-state index contributed by atoms with van der Waals surface area (Å²) in [7, 11) is 0. The number of halogens is 1. The number of nitrogens with zero attached hydrogens (tertiary/aromatic N) is 1. The van der Waals surface area contributed by atoms with Gasteiger partial charge in [-0.05, 0) is 24.6 Å². The van der Waals surface area contributed by atoms with Crippen molar-refractivity contribution in [1.29, 1.82) is 0 Å². The zero-order valence-corrected chi connectivity index (χ0v) is 11.4. The summed E-state index contributed by atoms with van der Waals surface area (Å²) < 4.78 is 1.15. The molecule has 0 amide bonds. The molecule has 1 N–H and O–H groups in total. The van der Waals surface area contributed by atoms with Gasteiger partial charge in [-0.15, -0.1) is 11.3 Å². The van der Waals surface area contributed by atoms with Crippen LogP contribution >= 0.6 is 27.3 Å². The molecule has 1 heterocycles. The molecule has 0 aliphatic rings. The fourth-order valence-corrected chi connectivity index (χ4v) is 2.39. The minimum Gasteiger partial charge on any atom is -0.385 e. The minimum atomic E-state index is 0.920. The van der Waals surface area contributed by atoms with Crippen molar-refractivity contribution in [1.82, 2.24) is 4.98 Å². The quantitative estimate of drug-likeness (QED) is 0.926. The van der Waals surface area contributed by atoms with Crippen molar-refractivity contribution in [2.24, 2.45) is 0 Å². The average molecular weight is 297 g/mol. The van der Waals surface area contributed by atoms with Crippen molar-refractivity contribution >= 4 is 33.0 Å². The first-order valence-electron chi connectivity index (χ1n) is 5.14. The first-order chi connectivity index (χ1) is 7.75. The molecule has 2 nitrogen and oxygen atoms in total. The van der Waals surface area contributed by atoms with Crippen molar-refractivity contribution < 1.29 is 0 Å². The van der Waals surface area contributed by atoms with E-state index in [-0.39, 0.29) is 0 Å². The Bertz CT molecular complexity index is 454. The molecule has 84 valence electrons. The summed E-state index contributed by atoms with van der Waals surface area (Å²) in [4.78, 5) is 4.25. The number of aromatic nitrogens is 1. The predicted octanol–water partition coefficient (Wildman–Crippen LogP) is 3.87. The van der Waals surface area contributed by atoms with E-state index in [1.165, 1.54) is 10.6 Å². The Kier molecular flexibility index (Phi) is 3.96. The molecule has 0 radical (unpaired) electrons. The smallest absolute Gasteiger partial charge is 0.0942 e. The normalized spacial score (nSPS) is 10.4. The van der Waals surface area contributed by atoms with E-state index in [0.717, 1.165) is 23.1 Å². The molecule has 0 unspecified atom stereocenters. The lowest BCUT2D eigenvalue weighted by Gasteiger charge is -2.06. The van der Waals surface area contributed by atoms with Crippen molar-refractivity contribution in [2.75, 3.05) is 11.9 Å². The molecule has 0 aliphatic carbocycles. The predicted molar refractivity (Wildman–Crippen MR) is 73.2 cm³/mol. The molecule has 1 aromatic heterocycles. The van der Waals surface area contributed by atoms with Crippen LogP contribution in [0.5, 0.6) is 0 Å². The fraction of sp³-hybridized carbons (Fsp3) is 0.250. The lowest BCUT2D eigenvalue weighted by Crippen LogP contribution is -2.04. The van der Waals surface area contributed by atoms with Crippen LogP contribution in [0.25, 0.3) is 0 Å². The summed E-state index contributed by atoms with van der Waals surface area (Å²) in [6.45, 7) is 3.01. The lowest BCUT2D eigenvalue weighted by atomic mass is 10.2. The van der Waals surface area contributed by atoms with E-state index >= 15 is 0 Å². The van der Waals surface area contributed by atoms with Crippen LogP contribution in [0.1, 0.15) is 10.6 Å². The maximum absolute atomic E-state index is 4.25. The largest absolute Gasteiger partial charge is 0.385 e. The van der Waals surface area contributed by atoms with Gasteiger partial charge in [0.2, 0.25) is 0 Å². The number of hydrogen-bond donors (Lipinski definition) is 1. The van der Waals surface area contributed by atoms with Gasteiger partial charge >= 0.3 is 0 Å². The van der Waals surface area contributed by atoms with Crippen LogP contribution in [0.3, 0.4) is 0 Å². The third-order valence-electron chi connectivity index (χ3n) is 2.32. The van der Waals surface area contributed by atoms with Crippen molar-refractivity contribution in [3.8, 4) is 0 Å². The zero-order valence-electron chi connectivity index (χ0n) is 9.03. The second-order valence-electron chi connectivity index (χ2n) is 3.57. The second-order valence-corrected chi connectivity index (χ2v) is 5.40. The van der Waals surface area contributed by atoms with Gasteiger partial charge in [-0.3, -0.25) is 0 Å². The van der Waals surface area contributed by atoms with Crippen molar-refractivity contribution in [2.45, 2.75) is 13.3 Å². The molecule has 0 spiro atoms. The number of aryl methyl sites for hydroxylation is 1. The molecule has 0 aliphatic heterocycles. The van der Waals surface area contributed by atoms with Crippen molar-refractivity contribution in [3.05, 3.63) is 44.8 Å². The summed E-state index contributed by atoms with van der Waals surface area (Å²) >= 11 is 5.23. The van der Waals surface area contributed by atoms with Gasteiger partial charge in [0.05, 0.1) is 5.01 Å². The number of nitrogens with one attached hydrogen (secondary N) is 1. The molecule has 4 heteroatoms. The van der Waals surface area contributed by atoms with Gasteiger partial charge in [0, 0.05) is 34.7 Å². The average Bonchev–Trinajstić information content (AvgIpc) is 2.76. The molecule has 0 saturated carbocycles. The van der Waals surface area contributed by atoms with Gasteiger partial charge in [0.1, 0.15) is 0 Å². The number of benzene rings is 1. The standard InChI is InChI=1S/C12H13BrN2S/c1-9-2-3-10(8-11(9)13)14-5-4-12-15-6-7-16-12/h2-3,6-8,14H,4-5H2,1H3. The van der Waals surface area contributed by atoms with E-state index in [4.69, 9.17) is 0 Å². The molecule has 0 atom stereocenters. The van der Waals surface area contributed by atoms with Crippen LogP contribution in [0.2, 0.25) is 0 Å². The lowest BCUT2D eigenvalue weighted by molar-refractivity contribution is 0.998. The van der Waals surface area contributed by atoms with Crippen LogP contribution in [-0.4, -0.2) is 11.5 Å². The highest BCUT2D eigenvalue weighted by atomic mass is 79.9. The molecule has 1 aromatic carbocycles. The Morgan fingerprint density at radius 3 is 3.00 bits per heavy atom. The summed E-state index contributed by atoms with van der Waals surface area (Å²) in [5, 5.41) is 6.58. The number of hydrogen-bond acceptors (Lipinski definition) is 3. The van der Waals surface area contributed by atoms with Gasteiger partial charge < -0.3 is 5.32 Å². The number of thiazole rings is 1. The van der Waals surface area contributed by atoms with Gasteiger partial charge in [-0.25, -0.2) is 4.98 Å². The third-order valence-corrected chi connectivity index (χ3v) is 4.02. The van der Waals surface area contributed by atoms with Crippen LogP contribution in [0, 0.1) is 6.92 Å². The van der Waals surface area contributed by atoms with E-state index in [2.05, 4.69) is 51.4 Å². The summed E-state index contributed by atoms with van der Waals surface area (Å²) in [5.41, 5.74) is 2.40. The highest BCUT2D eigenvalue weighted by molar-refractivity contribution is 9.10. The van der Waals surface area contributed by atoms with Crippen LogP contribution in [-0.2, 0) is 6.42 Å². The minimum absolute atomic E-state index is 0.920. The Labute approximate surface area is 108 Å². The Balaban J connectivity index is 1.87. The van der Waals surface area contributed by atoms with E-state index < -0.39 is 0 Å². The maximum Gasteiger partial charge on any atom is 0.0942 e. The molecule has 2 rings (SSSR count). The molecule has 0 bridgehead atoms. The second kappa shape index (κ2) is 5.46. The first kappa shape index (κ1) is 11.6. The zero-order chi connectivity index (χ0) is 11.4. The SMILES string of the molecule is Cc1ccc(NCCc2nccs2)cc1Br. The van der Waals surface area contributed by atoms with Gasteiger partial charge in [-0.1, -0.05) is 22.0 Å². The number of rotatable bonds is 4. The third kappa shape index (κ3) is 3.06. The fourth-order valence-electron chi connectivity index (χ4n) is 1.39. The molecule has 0 fully saturated rings. The van der Waals surface area contributed by atoms with Gasteiger partial charge in [-0.2, -0.15) is 0 Å². The Morgan fingerprint density at radius 1 is 1.44 bits per heavy atom. The van der Waals surface area contributed by atoms with Crippen LogP contribution < -0.4 is 5.32 Å². The van der Waals surface area contributed by atoms with Crippen LogP contribution in [0.4, 0.5) is 5.69 Å². The Morgan fingerprint density at radius 2 is 2.31 bits per heavy atom. The molecule has 16 heavy (non-hydrogen) atoms. The van der Waals surface area contributed by atoms with E-state index in [0.29, 0.717) is 0 Å². The highest BCUT2D eigenvalue weighted by Crippen LogP contribution is 2.20. The van der Waals surface area contributed by atoms with E-state index in [1.807, 2.05) is 11.6 Å². The Hall–Kier alpha value is -0.870. The van der Waals surface area contributed by atoms with E-state index in [9.17, 15) is 0 Å². The summed E-state index contributed by atoms with van der Waals surface area (Å²) in [5.74, 6) is 0. The topological polar surface area (TPSA) is 24.9 Å². The molecule has 2 aromatic rings. The van der Waals surface area contributed by atoms with E-state index in [1.54, 1.807) is 11.3 Å². The van der Waals surface area contributed by atoms with Crippen molar-refractivity contribution in [3.63, 3.8) is 0 Å². The summed E-state index contributed by atoms with van der Waals surface area (Å²) in [6.07, 6.45) is 2.83. The molecular weight excluding hydrogens is 284 g/mol. The van der Waals surface area contributed by atoms with Crippen LogP contribution in [0.15, 0.2) is 34.2 Å². The first-order valence-corrected chi connectivity index (χ1v) is 6.81.